The van der Waals surface area contributed by atoms with Gasteiger partial charge in [-0.2, -0.15) is 0 Å². The number of aliphatic carboxylic acids is 1. The zero-order valence-corrected chi connectivity index (χ0v) is 14.3. The molecule has 0 atom stereocenters. The predicted octanol–water partition coefficient (Wildman–Crippen LogP) is 2.46. The highest BCUT2D eigenvalue weighted by atomic mass is 19.1. The zero-order valence-electron chi connectivity index (χ0n) is 14.3. The van der Waals surface area contributed by atoms with E-state index in [2.05, 4.69) is 10.3 Å². The zero-order chi connectivity index (χ0) is 19.2. The van der Waals surface area contributed by atoms with E-state index in [0.29, 0.717) is 11.4 Å². The second-order valence-electron chi connectivity index (χ2n) is 5.42. The van der Waals surface area contributed by atoms with Crippen LogP contribution in [0, 0.1) is 5.82 Å². The fraction of sp³-hybridized carbons (Fsp3) is 0.167. The minimum atomic E-state index is -1.19. The lowest BCUT2D eigenvalue weighted by atomic mass is 10.3. The minimum Gasteiger partial charge on any atom is -0.497 e. The second kappa shape index (κ2) is 8.17. The van der Waals surface area contributed by atoms with Gasteiger partial charge in [0.2, 0.25) is 0 Å². The third kappa shape index (κ3) is 4.72. The Balaban J connectivity index is 1.63. The van der Waals surface area contributed by atoms with Gasteiger partial charge in [0.05, 0.1) is 19.0 Å². The van der Waals surface area contributed by atoms with Crippen LogP contribution in [0.2, 0.25) is 0 Å². The lowest BCUT2D eigenvalue weighted by Gasteiger charge is -2.07. The van der Waals surface area contributed by atoms with Crippen molar-refractivity contribution in [3.8, 4) is 22.9 Å². The molecule has 27 heavy (non-hydrogen) atoms. The highest BCUT2D eigenvalue weighted by molar-refractivity contribution is 5.68. The average molecular weight is 373 g/mol. The van der Waals surface area contributed by atoms with Crippen molar-refractivity contribution in [3.05, 3.63) is 60.2 Å². The van der Waals surface area contributed by atoms with Crippen LogP contribution in [-0.2, 0) is 11.4 Å². The summed E-state index contributed by atoms with van der Waals surface area (Å²) < 4.78 is 30.9. The maximum absolute atomic E-state index is 13.9. The summed E-state index contributed by atoms with van der Waals surface area (Å²) in [5.74, 6) is -1.11. The first-order valence-electron chi connectivity index (χ1n) is 7.88. The van der Waals surface area contributed by atoms with Crippen molar-refractivity contribution in [1.29, 1.82) is 0 Å². The molecule has 1 N–H and O–H groups in total. The predicted molar refractivity (Wildman–Crippen MR) is 91.8 cm³/mol. The molecule has 0 amide bonds. The molecule has 3 rings (SSSR count). The molecule has 0 aliphatic carbocycles. The summed E-state index contributed by atoms with van der Waals surface area (Å²) in [4.78, 5) is 10.5. The minimum absolute atomic E-state index is 0.0821. The van der Waals surface area contributed by atoms with Gasteiger partial charge in [-0.05, 0) is 24.3 Å². The van der Waals surface area contributed by atoms with Gasteiger partial charge in [-0.25, -0.2) is 13.9 Å². The number of nitrogens with zero attached hydrogens (tertiary/aromatic N) is 3. The number of carboxylic acids is 1. The van der Waals surface area contributed by atoms with Crippen LogP contribution in [0.15, 0.2) is 48.7 Å². The monoisotopic (exact) mass is 373 g/mol. The largest absolute Gasteiger partial charge is 0.497 e. The van der Waals surface area contributed by atoms with Gasteiger partial charge in [0.25, 0.3) is 0 Å². The Morgan fingerprint density at radius 1 is 1.19 bits per heavy atom. The number of carbonyl (C=O) groups is 1. The molecule has 0 saturated carbocycles. The van der Waals surface area contributed by atoms with E-state index in [9.17, 15) is 9.18 Å². The maximum Gasteiger partial charge on any atom is 0.341 e. The number of halogens is 1. The number of hydrogen-bond donors (Lipinski definition) is 1. The van der Waals surface area contributed by atoms with E-state index in [4.69, 9.17) is 19.3 Å². The average Bonchev–Trinajstić information content (AvgIpc) is 3.14. The van der Waals surface area contributed by atoms with Gasteiger partial charge in [0, 0.05) is 12.1 Å². The van der Waals surface area contributed by atoms with Crippen molar-refractivity contribution in [2.75, 3.05) is 13.7 Å². The standard InChI is InChI=1S/C18H16FN3O5/c1-25-14-4-2-3-13(7-14)22-9-12(20-21-22)10-26-15-5-6-17(16(19)8-15)27-11-18(23)24/h2-9H,10-11H2,1H3,(H,23,24). The first-order valence-corrected chi connectivity index (χ1v) is 7.88. The van der Waals surface area contributed by atoms with Crippen LogP contribution in [0.25, 0.3) is 5.69 Å². The van der Waals surface area contributed by atoms with Gasteiger partial charge in [-0.3, -0.25) is 0 Å². The van der Waals surface area contributed by atoms with Gasteiger partial charge < -0.3 is 19.3 Å². The highest BCUT2D eigenvalue weighted by Crippen LogP contribution is 2.23. The topological polar surface area (TPSA) is 95.7 Å². The molecule has 0 aliphatic heterocycles. The maximum atomic E-state index is 13.9. The fourth-order valence-electron chi connectivity index (χ4n) is 2.23. The number of carboxylic acid groups (broad SMARTS) is 1. The molecular weight excluding hydrogens is 357 g/mol. The third-order valence-corrected chi connectivity index (χ3v) is 3.50. The highest BCUT2D eigenvalue weighted by Gasteiger charge is 2.09. The second-order valence-corrected chi connectivity index (χ2v) is 5.42. The van der Waals surface area contributed by atoms with E-state index in [1.165, 1.54) is 12.1 Å². The van der Waals surface area contributed by atoms with Crippen LogP contribution in [-0.4, -0.2) is 39.8 Å². The molecule has 0 fully saturated rings. The van der Waals surface area contributed by atoms with Crippen molar-refractivity contribution in [2.24, 2.45) is 0 Å². The molecule has 0 saturated heterocycles. The fourth-order valence-corrected chi connectivity index (χ4v) is 2.23. The lowest BCUT2D eigenvalue weighted by Crippen LogP contribution is -2.10. The Morgan fingerprint density at radius 2 is 2.04 bits per heavy atom. The molecule has 0 radical (unpaired) electrons. The van der Waals surface area contributed by atoms with Gasteiger partial charge in [0.1, 0.15) is 23.8 Å². The molecule has 2 aromatic carbocycles. The van der Waals surface area contributed by atoms with Crippen molar-refractivity contribution in [2.45, 2.75) is 6.61 Å². The Hall–Kier alpha value is -3.62. The smallest absolute Gasteiger partial charge is 0.341 e. The Kier molecular flexibility index (Phi) is 5.50. The van der Waals surface area contributed by atoms with Crippen LogP contribution in [0.3, 0.4) is 0 Å². The van der Waals surface area contributed by atoms with Crippen molar-refractivity contribution in [3.63, 3.8) is 0 Å². The molecule has 3 aromatic rings. The molecule has 1 aromatic heterocycles. The quantitative estimate of drug-likeness (QED) is 0.648. The number of ether oxygens (including phenoxy) is 3. The molecule has 0 aliphatic rings. The van der Waals surface area contributed by atoms with E-state index >= 15 is 0 Å². The Morgan fingerprint density at radius 3 is 2.78 bits per heavy atom. The van der Waals surface area contributed by atoms with Crippen LogP contribution in [0.1, 0.15) is 5.69 Å². The number of aromatic nitrogens is 3. The van der Waals surface area contributed by atoms with Gasteiger partial charge >= 0.3 is 5.97 Å². The van der Waals surface area contributed by atoms with E-state index in [0.717, 1.165) is 11.8 Å². The summed E-state index contributed by atoms with van der Waals surface area (Å²) in [6.07, 6.45) is 1.69. The van der Waals surface area contributed by atoms with Crippen molar-refractivity contribution >= 4 is 5.97 Å². The summed E-state index contributed by atoms with van der Waals surface area (Å²) in [6.45, 7) is -0.538. The Bertz CT molecular complexity index is 944. The number of rotatable bonds is 8. The number of benzene rings is 2. The number of methoxy groups -OCH3 is 1. The molecule has 9 heteroatoms. The van der Waals surface area contributed by atoms with E-state index in [1.807, 2.05) is 24.3 Å². The summed E-state index contributed by atoms with van der Waals surface area (Å²) in [5.41, 5.74) is 1.32. The van der Waals surface area contributed by atoms with E-state index < -0.39 is 18.4 Å². The van der Waals surface area contributed by atoms with Crippen LogP contribution >= 0.6 is 0 Å². The molecule has 0 bridgehead atoms. The molecule has 140 valence electrons. The Labute approximate surface area is 153 Å². The van der Waals surface area contributed by atoms with Gasteiger partial charge in [0.15, 0.2) is 18.2 Å². The van der Waals surface area contributed by atoms with Crippen molar-refractivity contribution < 1.29 is 28.5 Å². The first kappa shape index (κ1) is 18.2. The SMILES string of the molecule is COc1cccc(-n2cc(COc3ccc(OCC(=O)O)c(F)c3)nn2)c1. The summed E-state index contributed by atoms with van der Waals surface area (Å²) in [7, 11) is 1.58. The lowest BCUT2D eigenvalue weighted by molar-refractivity contribution is -0.139. The van der Waals surface area contributed by atoms with Gasteiger partial charge in [-0.15, -0.1) is 5.10 Å². The summed E-state index contributed by atoms with van der Waals surface area (Å²) in [5, 5.41) is 16.6. The first-order chi connectivity index (χ1) is 13.0. The van der Waals surface area contributed by atoms with E-state index in [1.54, 1.807) is 18.0 Å². The van der Waals surface area contributed by atoms with E-state index in [-0.39, 0.29) is 18.1 Å². The molecular formula is C18H16FN3O5. The van der Waals surface area contributed by atoms with Crippen LogP contribution < -0.4 is 14.2 Å². The molecule has 8 nitrogen and oxygen atoms in total. The van der Waals surface area contributed by atoms with Gasteiger partial charge in [-0.1, -0.05) is 11.3 Å². The molecule has 1 heterocycles. The van der Waals surface area contributed by atoms with Crippen molar-refractivity contribution in [1.82, 2.24) is 15.0 Å². The van der Waals surface area contributed by atoms with Crippen LogP contribution in [0.5, 0.6) is 17.2 Å². The summed E-state index contributed by atoms with van der Waals surface area (Å²) >= 11 is 0. The molecule has 0 spiro atoms. The number of hydrogen-bond acceptors (Lipinski definition) is 6. The third-order valence-electron chi connectivity index (χ3n) is 3.50. The normalized spacial score (nSPS) is 10.4. The van der Waals surface area contributed by atoms with Crippen LogP contribution in [0.4, 0.5) is 4.39 Å². The summed E-state index contributed by atoms with van der Waals surface area (Å²) in [6, 6.07) is 11.2. The molecule has 0 unspecified atom stereocenters.